The van der Waals surface area contributed by atoms with E-state index in [1.807, 2.05) is 30.3 Å². The van der Waals surface area contributed by atoms with E-state index in [2.05, 4.69) is 53.0 Å². The first-order valence-electron chi connectivity index (χ1n) is 10.5. The molecule has 2 aromatic carbocycles. The second kappa shape index (κ2) is 8.70. The van der Waals surface area contributed by atoms with E-state index in [0.717, 1.165) is 48.6 Å². The van der Waals surface area contributed by atoms with E-state index in [0.29, 0.717) is 13.0 Å². The molecule has 152 valence electrons. The van der Waals surface area contributed by atoms with E-state index < -0.39 is 0 Å². The molecule has 5 heteroatoms. The minimum atomic E-state index is -0.167. The molecular formula is C24H29N3O2. The van der Waals surface area contributed by atoms with Crippen LogP contribution in [0.25, 0.3) is 10.9 Å². The highest BCUT2D eigenvalue weighted by atomic mass is 16.5. The summed E-state index contributed by atoms with van der Waals surface area (Å²) in [5.74, 6) is 0.739. The lowest BCUT2D eigenvalue weighted by Crippen LogP contribution is -2.32. The van der Waals surface area contributed by atoms with Gasteiger partial charge in [0.15, 0.2) is 0 Å². The molecule has 1 amide bonds. The topological polar surface area (TPSA) is 46.5 Å². The summed E-state index contributed by atoms with van der Waals surface area (Å²) in [6.07, 6.45) is 2.84. The maximum atomic E-state index is 12.8. The van der Waals surface area contributed by atoms with Gasteiger partial charge in [-0.05, 0) is 55.4 Å². The molecule has 0 saturated heterocycles. The number of ether oxygens (including phenoxy) is 1. The average molecular weight is 392 g/mol. The van der Waals surface area contributed by atoms with Gasteiger partial charge in [0.2, 0.25) is 5.91 Å². The number of nitrogens with zero attached hydrogens (tertiary/aromatic N) is 2. The Balaban J connectivity index is 1.42. The van der Waals surface area contributed by atoms with Crippen molar-refractivity contribution in [3.63, 3.8) is 0 Å². The van der Waals surface area contributed by atoms with Crippen LogP contribution >= 0.6 is 0 Å². The van der Waals surface area contributed by atoms with Crippen LogP contribution in [-0.4, -0.2) is 41.6 Å². The monoisotopic (exact) mass is 391 g/mol. The number of fused-ring (bicyclic) bond motifs is 2. The highest BCUT2D eigenvalue weighted by molar-refractivity contribution is 5.95. The van der Waals surface area contributed by atoms with Gasteiger partial charge < -0.3 is 19.5 Å². The number of hydrogen-bond acceptors (Lipinski definition) is 3. The molecule has 1 unspecified atom stereocenters. The summed E-state index contributed by atoms with van der Waals surface area (Å²) >= 11 is 0. The zero-order valence-electron chi connectivity index (χ0n) is 17.2. The van der Waals surface area contributed by atoms with Crippen molar-refractivity contribution < 1.29 is 9.53 Å². The maximum absolute atomic E-state index is 12.8. The Morgan fingerprint density at radius 1 is 1.17 bits per heavy atom. The van der Waals surface area contributed by atoms with Crippen molar-refractivity contribution in [2.45, 2.75) is 26.8 Å². The SMILES string of the molecule is CCN(CC)CCn1ccc2cc(NC(=O)C3COc4ccccc4C3)ccc21. The predicted molar refractivity (Wildman–Crippen MR) is 117 cm³/mol. The van der Waals surface area contributed by atoms with Crippen molar-refractivity contribution in [2.75, 3.05) is 31.6 Å². The van der Waals surface area contributed by atoms with Crippen LogP contribution in [0, 0.1) is 5.92 Å². The molecule has 4 rings (SSSR count). The van der Waals surface area contributed by atoms with Gasteiger partial charge in [0.05, 0.1) is 5.92 Å². The van der Waals surface area contributed by atoms with Crippen LogP contribution in [0.1, 0.15) is 19.4 Å². The number of nitrogens with one attached hydrogen (secondary N) is 1. The molecule has 5 nitrogen and oxygen atoms in total. The molecule has 1 atom stereocenters. The van der Waals surface area contributed by atoms with Crippen molar-refractivity contribution in [1.82, 2.24) is 9.47 Å². The third kappa shape index (κ3) is 4.30. The van der Waals surface area contributed by atoms with E-state index in [1.165, 1.54) is 5.52 Å². The smallest absolute Gasteiger partial charge is 0.231 e. The fourth-order valence-corrected chi connectivity index (χ4v) is 4.00. The number of benzene rings is 2. The van der Waals surface area contributed by atoms with Gasteiger partial charge in [-0.25, -0.2) is 0 Å². The minimum Gasteiger partial charge on any atom is -0.492 e. The number of anilines is 1. The highest BCUT2D eigenvalue weighted by Gasteiger charge is 2.25. The number of aromatic nitrogens is 1. The van der Waals surface area contributed by atoms with E-state index >= 15 is 0 Å². The van der Waals surface area contributed by atoms with Crippen molar-refractivity contribution in [1.29, 1.82) is 0 Å². The number of hydrogen-bond donors (Lipinski definition) is 1. The summed E-state index contributed by atoms with van der Waals surface area (Å²) in [6, 6.07) is 16.2. The fraction of sp³-hybridized carbons (Fsp3) is 0.375. The third-order valence-electron chi connectivity index (χ3n) is 5.84. The number of rotatable bonds is 7. The van der Waals surface area contributed by atoms with Gasteiger partial charge in [0.25, 0.3) is 0 Å². The van der Waals surface area contributed by atoms with Gasteiger partial charge >= 0.3 is 0 Å². The van der Waals surface area contributed by atoms with Crippen molar-refractivity contribution in [2.24, 2.45) is 5.92 Å². The van der Waals surface area contributed by atoms with E-state index in [1.54, 1.807) is 0 Å². The second-order valence-corrected chi connectivity index (χ2v) is 7.62. The van der Waals surface area contributed by atoms with Crippen LogP contribution in [0.5, 0.6) is 5.75 Å². The maximum Gasteiger partial charge on any atom is 0.231 e. The lowest BCUT2D eigenvalue weighted by atomic mass is 9.96. The standard InChI is InChI=1S/C24H29N3O2/c1-3-26(4-2)13-14-27-12-11-18-16-21(9-10-22(18)27)25-24(28)20-15-19-7-5-6-8-23(19)29-17-20/h5-12,16,20H,3-4,13-15,17H2,1-2H3,(H,25,28). The number of carbonyl (C=O) groups excluding carboxylic acids is 1. The molecular weight excluding hydrogens is 362 g/mol. The first-order chi connectivity index (χ1) is 14.2. The number of likely N-dealkylation sites (N-methyl/N-ethyl adjacent to an activating group) is 1. The predicted octanol–water partition coefficient (Wildman–Crippen LogP) is 4.17. The Labute approximate surface area is 172 Å². The molecule has 1 N–H and O–H groups in total. The minimum absolute atomic E-state index is 0.0137. The van der Waals surface area contributed by atoms with Crippen molar-refractivity contribution >= 4 is 22.5 Å². The van der Waals surface area contributed by atoms with Crippen LogP contribution in [0.3, 0.4) is 0 Å². The Morgan fingerprint density at radius 2 is 2.00 bits per heavy atom. The van der Waals surface area contributed by atoms with Crippen LogP contribution in [0.15, 0.2) is 54.7 Å². The molecule has 0 aliphatic carbocycles. The molecule has 1 aliphatic heterocycles. The summed E-state index contributed by atoms with van der Waals surface area (Å²) in [5.41, 5.74) is 3.13. The summed E-state index contributed by atoms with van der Waals surface area (Å²) in [7, 11) is 0. The summed E-state index contributed by atoms with van der Waals surface area (Å²) in [6.45, 7) is 8.97. The molecule has 1 aliphatic rings. The van der Waals surface area contributed by atoms with Crippen LogP contribution in [0.2, 0.25) is 0 Å². The summed E-state index contributed by atoms with van der Waals surface area (Å²) in [4.78, 5) is 15.2. The molecule has 3 aromatic rings. The van der Waals surface area contributed by atoms with E-state index in [4.69, 9.17) is 4.74 Å². The number of para-hydroxylation sites is 1. The molecule has 0 spiro atoms. The van der Waals surface area contributed by atoms with E-state index in [9.17, 15) is 4.79 Å². The molecule has 0 fully saturated rings. The van der Waals surface area contributed by atoms with Crippen molar-refractivity contribution in [3.8, 4) is 5.75 Å². The molecule has 0 saturated carbocycles. The Kier molecular flexibility index (Phi) is 5.86. The first-order valence-corrected chi connectivity index (χ1v) is 10.5. The average Bonchev–Trinajstić information content (AvgIpc) is 3.16. The zero-order chi connectivity index (χ0) is 20.2. The lowest BCUT2D eigenvalue weighted by molar-refractivity contribution is -0.121. The van der Waals surface area contributed by atoms with Crippen LogP contribution in [-0.2, 0) is 17.8 Å². The fourth-order valence-electron chi connectivity index (χ4n) is 4.00. The van der Waals surface area contributed by atoms with Gasteiger partial charge in [-0.3, -0.25) is 4.79 Å². The number of amides is 1. The Hall–Kier alpha value is -2.79. The van der Waals surface area contributed by atoms with Crippen LogP contribution in [0.4, 0.5) is 5.69 Å². The molecule has 0 bridgehead atoms. The van der Waals surface area contributed by atoms with Gasteiger partial charge in [-0.1, -0.05) is 32.0 Å². The normalized spacial score (nSPS) is 15.9. The summed E-state index contributed by atoms with van der Waals surface area (Å²) < 4.78 is 8.05. The molecule has 1 aromatic heterocycles. The van der Waals surface area contributed by atoms with Gasteiger partial charge in [-0.15, -0.1) is 0 Å². The van der Waals surface area contributed by atoms with E-state index in [-0.39, 0.29) is 11.8 Å². The summed E-state index contributed by atoms with van der Waals surface area (Å²) in [5, 5.41) is 4.22. The first kappa shape index (κ1) is 19.5. The van der Waals surface area contributed by atoms with Gasteiger partial charge in [0, 0.05) is 35.9 Å². The second-order valence-electron chi connectivity index (χ2n) is 7.62. The third-order valence-corrected chi connectivity index (χ3v) is 5.84. The zero-order valence-corrected chi connectivity index (χ0v) is 17.2. The molecule has 0 radical (unpaired) electrons. The van der Waals surface area contributed by atoms with Gasteiger partial charge in [-0.2, -0.15) is 0 Å². The quantitative estimate of drug-likeness (QED) is 0.657. The Bertz CT molecular complexity index is 991. The van der Waals surface area contributed by atoms with Crippen LogP contribution < -0.4 is 10.1 Å². The van der Waals surface area contributed by atoms with Gasteiger partial charge in [0.1, 0.15) is 12.4 Å². The molecule has 29 heavy (non-hydrogen) atoms. The lowest BCUT2D eigenvalue weighted by Gasteiger charge is -2.24. The Morgan fingerprint density at radius 3 is 2.83 bits per heavy atom. The number of carbonyl (C=O) groups is 1. The largest absolute Gasteiger partial charge is 0.492 e. The highest BCUT2D eigenvalue weighted by Crippen LogP contribution is 2.28. The van der Waals surface area contributed by atoms with Crippen molar-refractivity contribution in [3.05, 3.63) is 60.3 Å². The molecule has 2 heterocycles.